The third-order valence-electron chi connectivity index (χ3n) is 1.35. The molecule has 0 aromatic carbocycles. The van der Waals surface area contributed by atoms with Crippen LogP contribution in [0, 0.1) is 0 Å². The number of nitrogens with one attached hydrogen (secondary N) is 1. The number of hydrazine groups is 1. The highest BCUT2D eigenvalue weighted by Gasteiger charge is 2.19. The van der Waals surface area contributed by atoms with Crippen LogP contribution in [-0.2, 0) is 0 Å². The van der Waals surface area contributed by atoms with Crippen molar-refractivity contribution in [3.63, 3.8) is 0 Å². The lowest BCUT2D eigenvalue weighted by Gasteiger charge is -2.37. The van der Waals surface area contributed by atoms with E-state index in [4.69, 9.17) is 0 Å². The van der Waals surface area contributed by atoms with E-state index in [1.165, 1.54) is 19.5 Å². The predicted octanol–water partition coefficient (Wildman–Crippen LogP) is 0.995. The first-order valence-electron chi connectivity index (χ1n) is 3.61. The Morgan fingerprint density at radius 2 is 1.78 bits per heavy atom. The summed E-state index contributed by atoms with van der Waals surface area (Å²) < 4.78 is 0. The van der Waals surface area contributed by atoms with Crippen LogP contribution in [0.15, 0.2) is 0 Å². The summed E-state index contributed by atoms with van der Waals surface area (Å²) in [4.78, 5) is 0. The molecule has 9 heavy (non-hydrogen) atoms. The van der Waals surface area contributed by atoms with E-state index in [9.17, 15) is 0 Å². The summed E-state index contributed by atoms with van der Waals surface area (Å²) in [5, 5.41) is 2.26. The second kappa shape index (κ2) is 2.27. The third-order valence-corrected chi connectivity index (χ3v) is 1.35. The number of nitrogens with zero attached hydrogens (tertiary/aromatic N) is 1. The van der Waals surface area contributed by atoms with Crippen molar-refractivity contribution >= 4 is 0 Å². The summed E-state index contributed by atoms with van der Waals surface area (Å²) in [6.07, 6.45) is 1.35. The summed E-state index contributed by atoms with van der Waals surface area (Å²) >= 11 is 0. The molecular formula is C7H16N2. The quantitative estimate of drug-likeness (QED) is 0.566. The number of hydrogen-bond acceptors (Lipinski definition) is 2. The number of rotatable bonds is 1. The zero-order valence-electron chi connectivity index (χ0n) is 6.57. The van der Waals surface area contributed by atoms with E-state index in [1.807, 2.05) is 0 Å². The molecule has 1 aliphatic rings. The van der Waals surface area contributed by atoms with Gasteiger partial charge in [-0.1, -0.05) is 0 Å². The molecular weight excluding hydrogens is 112 g/mol. The van der Waals surface area contributed by atoms with Crippen LogP contribution in [0.4, 0.5) is 0 Å². The van der Waals surface area contributed by atoms with E-state index in [-0.39, 0.29) is 5.54 Å². The normalized spacial score (nSPS) is 21.7. The van der Waals surface area contributed by atoms with E-state index in [2.05, 4.69) is 31.2 Å². The van der Waals surface area contributed by atoms with Crippen LogP contribution in [0.2, 0.25) is 0 Å². The Morgan fingerprint density at radius 3 is 1.89 bits per heavy atom. The van der Waals surface area contributed by atoms with Crippen LogP contribution in [0.1, 0.15) is 27.2 Å². The first-order chi connectivity index (χ1) is 4.08. The Labute approximate surface area is 57.2 Å². The molecule has 1 heterocycles. The van der Waals surface area contributed by atoms with Gasteiger partial charge in [0, 0.05) is 18.6 Å². The lowest BCUT2D eigenvalue weighted by Crippen LogP contribution is -2.55. The van der Waals surface area contributed by atoms with Crippen LogP contribution in [-0.4, -0.2) is 23.6 Å². The minimum atomic E-state index is 0.250. The highest BCUT2D eigenvalue weighted by Crippen LogP contribution is 2.07. The van der Waals surface area contributed by atoms with Crippen molar-refractivity contribution in [2.75, 3.05) is 13.1 Å². The summed E-state index contributed by atoms with van der Waals surface area (Å²) in [6, 6.07) is 0. The first-order valence-corrected chi connectivity index (χ1v) is 3.61. The van der Waals surface area contributed by atoms with E-state index in [0.29, 0.717) is 0 Å². The molecule has 0 aromatic heterocycles. The second-order valence-corrected chi connectivity index (χ2v) is 3.70. The molecule has 54 valence electrons. The average molecular weight is 128 g/mol. The topological polar surface area (TPSA) is 15.3 Å². The molecule has 1 fully saturated rings. The van der Waals surface area contributed by atoms with Crippen LogP contribution in [0.3, 0.4) is 0 Å². The van der Waals surface area contributed by atoms with Gasteiger partial charge in [0.2, 0.25) is 0 Å². The van der Waals surface area contributed by atoms with Crippen molar-refractivity contribution in [1.82, 2.24) is 10.4 Å². The van der Waals surface area contributed by atoms with Crippen LogP contribution >= 0.6 is 0 Å². The standard InChI is InChI=1S/C7H16N2/c1-7(2,3)8-9-5-4-6-9/h8H,4-6H2,1-3H3. The summed E-state index contributed by atoms with van der Waals surface area (Å²) in [5.74, 6) is 0. The van der Waals surface area contributed by atoms with E-state index in [1.54, 1.807) is 0 Å². The molecule has 0 aliphatic carbocycles. The highest BCUT2D eigenvalue weighted by atomic mass is 15.5. The SMILES string of the molecule is CC(C)(C)NN1CCC1. The van der Waals surface area contributed by atoms with Gasteiger partial charge in [-0.05, 0) is 27.2 Å². The van der Waals surface area contributed by atoms with Crippen molar-refractivity contribution in [1.29, 1.82) is 0 Å². The van der Waals surface area contributed by atoms with Crippen LogP contribution in [0.5, 0.6) is 0 Å². The van der Waals surface area contributed by atoms with Crippen LogP contribution in [0.25, 0.3) is 0 Å². The van der Waals surface area contributed by atoms with Crippen molar-refractivity contribution in [3.05, 3.63) is 0 Å². The zero-order chi connectivity index (χ0) is 6.91. The summed E-state index contributed by atoms with van der Waals surface area (Å²) in [7, 11) is 0. The Kier molecular flexibility index (Phi) is 1.78. The lowest BCUT2D eigenvalue weighted by molar-refractivity contribution is 0.0642. The molecule has 0 aromatic rings. The largest absolute Gasteiger partial charge is 0.250 e. The van der Waals surface area contributed by atoms with Gasteiger partial charge in [0.05, 0.1) is 0 Å². The van der Waals surface area contributed by atoms with Gasteiger partial charge < -0.3 is 0 Å². The third kappa shape index (κ3) is 2.33. The molecule has 2 nitrogen and oxygen atoms in total. The molecule has 0 atom stereocenters. The molecule has 0 saturated carbocycles. The van der Waals surface area contributed by atoms with Gasteiger partial charge in [0.1, 0.15) is 0 Å². The minimum absolute atomic E-state index is 0.250. The average Bonchev–Trinajstić information content (AvgIpc) is 1.53. The Balaban J connectivity index is 2.16. The molecule has 0 spiro atoms. The zero-order valence-corrected chi connectivity index (χ0v) is 6.57. The maximum absolute atomic E-state index is 3.39. The Morgan fingerprint density at radius 1 is 1.22 bits per heavy atom. The molecule has 1 rings (SSSR count). The van der Waals surface area contributed by atoms with Gasteiger partial charge in [-0.3, -0.25) is 0 Å². The Hall–Kier alpha value is -0.0800. The smallest absolute Gasteiger partial charge is 0.0241 e. The monoisotopic (exact) mass is 128 g/mol. The fourth-order valence-corrected chi connectivity index (χ4v) is 0.902. The maximum Gasteiger partial charge on any atom is 0.0241 e. The Bertz CT molecular complexity index is 89.6. The fourth-order valence-electron chi connectivity index (χ4n) is 0.902. The first kappa shape index (κ1) is 7.03. The molecule has 1 aliphatic heterocycles. The van der Waals surface area contributed by atoms with Crippen LogP contribution < -0.4 is 5.43 Å². The summed E-state index contributed by atoms with van der Waals surface area (Å²) in [6.45, 7) is 9.00. The van der Waals surface area contributed by atoms with Crippen molar-refractivity contribution in [3.8, 4) is 0 Å². The second-order valence-electron chi connectivity index (χ2n) is 3.70. The fraction of sp³-hybridized carbons (Fsp3) is 1.00. The predicted molar refractivity (Wildman–Crippen MR) is 39.1 cm³/mol. The summed E-state index contributed by atoms with van der Waals surface area (Å²) in [5.41, 5.74) is 3.64. The molecule has 1 saturated heterocycles. The van der Waals surface area contributed by atoms with E-state index < -0.39 is 0 Å². The van der Waals surface area contributed by atoms with Crippen molar-refractivity contribution in [2.24, 2.45) is 0 Å². The molecule has 1 N–H and O–H groups in total. The number of hydrogen-bond donors (Lipinski definition) is 1. The van der Waals surface area contributed by atoms with Gasteiger partial charge in [-0.15, -0.1) is 0 Å². The minimum Gasteiger partial charge on any atom is -0.250 e. The molecule has 0 unspecified atom stereocenters. The van der Waals surface area contributed by atoms with E-state index >= 15 is 0 Å². The van der Waals surface area contributed by atoms with Gasteiger partial charge in [0.25, 0.3) is 0 Å². The van der Waals surface area contributed by atoms with Gasteiger partial charge in [-0.25, -0.2) is 10.4 Å². The highest BCUT2D eigenvalue weighted by molar-refractivity contribution is 4.73. The van der Waals surface area contributed by atoms with Gasteiger partial charge in [-0.2, -0.15) is 0 Å². The van der Waals surface area contributed by atoms with Gasteiger partial charge in [0.15, 0.2) is 0 Å². The van der Waals surface area contributed by atoms with E-state index in [0.717, 1.165) is 0 Å². The van der Waals surface area contributed by atoms with Crippen molar-refractivity contribution < 1.29 is 0 Å². The molecule has 2 heteroatoms. The molecule has 0 amide bonds. The molecule has 0 radical (unpaired) electrons. The van der Waals surface area contributed by atoms with Crippen molar-refractivity contribution in [2.45, 2.75) is 32.7 Å². The lowest BCUT2D eigenvalue weighted by atomic mass is 10.1. The maximum atomic E-state index is 3.39. The molecule has 0 bridgehead atoms. The van der Waals surface area contributed by atoms with Gasteiger partial charge >= 0.3 is 0 Å².